The zero-order valence-corrected chi connectivity index (χ0v) is 13.8. The number of aromatic nitrogens is 2. The van der Waals surface area contributed by atoms with Gasteiger partial charge in [-0.3, -0.25) is 9.67 Å². The van der Waals surface area contributed by atoms with Crippen molar-refractivity contribution in [1.29, 1.82) is 0 Å². The van der Waals surface area contributed by atoms with Crippen LogP contribution in [-0.2, 0) is 6.54 Å². The lowest BCUT2D eigenvalue weighted by Crippen LogP contribution is -2.43. The summed E-state index contributed by atoms with van der Waals surface area (Å²) in [7, 11) is 0. The summed E-state index contributed by atoms with van der Waals surface area (Å²) in [5.41, 5.74) is 8.42. The maximum atomic E-state index is 6.14. The van der Waals surface area contributed by atoms with Crippen molar-refractivity contribution >= 4 is 5.96 Å². The Balaban J connectivity index is 1.86. The first-order valence-corrected chi connectivity index (χ1v) is 8.01. The van der Waals surface area contributed by atoms with Gasteiger partial charge in [-0.15, -0.1) is 0 Å². The molecule has 1 saturated heterocycles. The van der Waals surface area contributed by atoms with E-state index in [1.807, 2.05) is 6.92 Å². The van der Waals surface area contributed by atoms with Gasteiger partial charge in [0.15, 0.2) is 5.96 Å². The molecule has 0 aromatic carbocycles. The molecule has 1 aliphatic heterocycles. The molecule has 1 aliphatic rings. The number of hydrogen-bond acceptors (Lipinski definition) is 2. The normalized spacial score (nSPS) is 21.6. The molecule has 2 N–H and O–H groups in total. The van der Waals surface area contributed by atoms with Gasteiger partial charge in [-0.05, 0) is 44.6 Å². The number of nitrogens with zero attached hydrogens (tertiary/aromatic N) is 4. The number of nitrogens with two attached hydrogens (primary N) is 1. The molecule has 5 nitrogen and oxygen atoms in total. The number of hydrogen-bond donors (Lipinski definition) is 1. The molecule has 1 aromatic rings. The molecule has 2 rings (SSSR count). The fourth-order valence-corrected chi connectivity index (χ4v) is 2.96. The highest BCUT2D eigenvalue weighted by Gasteiger charge is 2.17. The first-order chi connectivity index (χ1) is 9.95. The van der Waals surface area contributed by atoms with E-state index in [1.165, 1.54) is 18.5 Å². The van der Waals surface area contributed by atoms with E-state index in [2.05, 4.69) is 46.5 Å². The molecule has 0 aliphatic carbocycles. The number of rotatable bonds is 4. The molecule has 1 fully saturated rings. The molecule has 0 unspecified atom stereocenters. The van der Waals surface area contributed by atoms with Crippen LogP contribution in [-0.4, -0.2) is 40.3 Å². The number of likely N-dealkylation sites (tertiary alicyclic amines) is 1. The predicted octanol–water partition coefficient (Wildman–Crippen LogP) is 2.18. The van der Waals surface area contributed by atoms with Crippen LogP contribution in [0.25, 0.3) is 0 Å². The van der Waals surface area contributed by atoms with Crippen LogP contribution in [0.4, 0.5) is 0 Å². The molecule has 118 valence electrons. The van der Waals surface area contributed by atoms with Crippen LogP contribution in [0.1, 0.15) is 38.1 Å². The van der Waals surface area contributed by atoms with Crippen LogP contribution < -0.4 is 5.73 Å². The van der Waals surface area contributed by atoms with Gasteiger partial charge in [0.05, 0.1) is 5.69 Å². The van der Waals surface area contributed by atoms with Crippen molar-refractivity contribution in [3.8, 4) is 0 Å². The third-order valence-corrected chi connectivity index (χ3v) is 4.13. The summed E-state index contributed by atoms with van der Waals surface area (Å²) in [6.45, 7) is 12.4. The average Bonchev–Trinajstić information content (AvgIpc) is 2.74. The Morgan fingerprint density at radius 2 is 2.29 bits per heavy atom. The van der Waals surface area contributed by atoms with Gasteiger partial charge in [-0.2, -0.15) is 5.10 Å². The Morgan fingerprint density at radius 3 is 2.90 bits per heavy atom. The van der Waals surface area contributed by atoms with Gasteiger partial charge < -0.3 is 10.6 Å². The lowest BCUT2D eigenvalue weighted by atomic mass is 10.0. The quantitative estimate of drug-likeness (QED) is 0.683. The van der Waals surface area contributed by atoms with E-state index >= 15 is 0 Å². The third kappa shape index (κ3) is 4.48. The van der Waals surface area contributed by atoms with Crippen molar-refractivity contribution in [1.82, 2.24) is 14.7 Å². The molecule has 0 saturated carbocycles. The number of guanidine groups is 1. The van der Waals surface area contributed by atoms with Crippen LogP contribution in [0.5, 0.6) is 0 Å². The van der Waals surface area contributed by atoms with Gasteiger partial charge in [-0.25, -0.2) is 0 Å². The van der Waals surface area contributed by atoms with Crippen molar-refractivity contribution in [2.75, 3.05) is 19.6 Å². The standard InChI is InChI=1S/C16H29N5/c1-12-6-5-7-20(10-12)16(17)18-9-13(2)11-21-15(4)8-14(3)19-21/h8,12-13H,5-7,9-11H2,1-4H3,(H2,17,18)/t12-,13-/m0/s1. The monoisotopic (exact) mass is 291 g/mol. The highest BCUT2D eigenvalue weighted by molar-refractivity contribution is 5.78. The number of aryl methyl sites for hydroxylation is 2. The van der Waals surface area contributed by atoms with E-state index < -0.39 is 0 Å². The van der Waals surface area contributed by atoms with Crippen molar-refractivity contribution in [2.24, 2.45) is 22.6 Å². The first kappa shape index (κ1) is 15.9. The smallest absolute Gasteiger partial charge is 0.191 e. The number of aliphatic imine (C=N–C) groups is 1. The maximum Gasteiger partial charge on any atom is 0.191 e. The molecule has 0 spiro atoms. The minimum absolute atomic E-state index is 0.434. The van der Waals surface area contributed by atoms with Gasteiger partial charge in [0.25, 0.3) is 0 Å². The minimum atomic E-state index is 0.434. The topological polar surface area (TPSA) is 59.4 Å². The molecule has 0 amide bonds. The van der Waals surface area contributed by atoms with Gasteiger partial charge >= 0.3 is 0 Å². The van der Waals surface area contributed by atoms with Crippen molar-refractivity contribution < 1.29 is 0 Å². The molecule has 0 radical (unpaired) electrons. The highest BCUT2D eigenvalue weighted by atomic mass is 15.3. The summed E-state index contributed by atoms with van der Waals surface area (Å²) in [5.74, 6) is 1.87. The van der Waals surface area contributed by atoms with Crippen LogP contribution in [0.2, 0.25) is 0 Å². The second kappa shape index (κ2) is 6.96. The molecular formula is C16H29N5. The summed E-state index contributed by atoms with van der Waals surface area (Å²) in [6.07, 6.45) is 2.52. The van der Waals surface area contributed by atoms with Crippen LogP contribution in [0, 0.1) is 25.7 Å². The summed E-state index contributed by atoms with van der Waals surface area (Å²) in [5, 5.41) is 4.50. The van der Waals surface area contributed by atoms with Crippen LogP contribution in [0.15, 0.2) is 11.1 Å². The Hall–Kier alpha value is -1.52. The second-order valence-electron chi connectivity index (χ2n) is 6.61. The van der Waals surface area contributed by atoms with E-state index in [1.54, 1.807) is 0 Å². The largest absolute Gasteiger partial charge is 0.370 e. The molecule has 2 heterocycles. The van der Waals surface area contributed by atoms with E-state index in [4.69, 9.17) is 5.73 Å². The second-order valence-corrected chi connectivity index (χ2v) is 6.61. The Labute approximate surface area is 128 Å². The summed E-state index contributed by atoms with van der Waals surface area (Å²) in [4.78, 5) is 6.82. The fourth-order valence-electron chi connectivity index (χ4n) is 2.96. The van der Waals surface area contributed by atoms with E-state index in [0.717, 1.165) is 37.8 Å². The lowest BCUT2D eigenvalue weighted by molar-refractivity contribution is 0.269. The molecule has 5 heteroatoms. The van der Waals surface area contributed by atoms with Crippen LogP contribution >= 0.6 is 0 Å². The first-order valence-electron chi connectivity index (χ1n) is 8.01. The number of piperidine rings is 1. The summed E-state index contributed by atoms with van der Waals surface area (Å²) in [6, 6.07) is 2.11. The Bertz CT molecular complexity index is 491. The fraction of sp³-hybridized carbons (Fsp3) is 0.750. The van der Waals surface area contributed by atoms with Crippen molar-refractivity contribution in [3.05, 3.63) is 17.5 Å². The molecule has 0 bridgehead atoms. The summed E-state index contributed by atoms with van der Waals surface area (Å²) < 4.78 is 2.06. The average molecular weight is 291 g/mol. The highest BCUT2D eigenvalue weighted by Crippen LogP contribution is 2.15. The van der Waals surface area contributed by atoms with E-state index in [0.29, 0.717) is 11.9 Å². The molecule has 2 atom stereocenters. The van der Waals surface area contributed by atoms with Crippen molar-refractivity contribution in [2.45, 2.75) is 47.1 Å². The van der Waals surface area contributed by atoms with Gasteiger partial charge in [0.2, 0.25) is 0 Å². The van der Waals surface area contributed by atoms with Gasteiger partial charge in [0, 0.05) is 31.9 Å². The predicted molar refractivity (Wildman–Crippen MR) is 87.3 cm³/mol. The van der Waals surface area contributed by atoms with Gasteiger partial charge in [-0.1, -0.05) is 13.8 Å². The minimum Gasteiger partial charge on any atom is -0.370 e. The van der Waals surface area contributed by atoms with Gasteiger partial charge in [0.1, 0.15) is 0 Å². The van der Waals surface area contributed by atoms with Crippen molar-refractivity contribution in [3.63, 3.8) is 0 Å². The molecular weight excluding hydrogens is 262 g/mol. The molecule has 1 aromatic heterocycles. The Kier molecular flexibility index (Phi) is 5.26. The SMILES string of the molecule is Cc1cc(C)n(C[C@@H](C)CN=C(N)N2CCC[C@H](C)C2)n1. The Morgan fingerprint density at radius 1 is 1.52 bits per heavy atom. The maximum absolute atomic E-state index is 6.14. The summed E-state index contributed by atoms with van der Waals surface area (Å²) >= 11 is 0. The third-order valence-electron chi connectivity index (χ3n) is 4.13. The van der Waals surface area contributed by atoms with E-state index in [-0.39, 0.29) is 0 Å². The zero-order valence-electron chi connectivity index (χ0n) is 13.8. The van der Waals surface area contributed by atoms with Crippen LogP contribution in [0.3, 0.4) is 0 Å². The lowest BCUT2D eigenvalue weighted by Gasteiger charge is -2.31. The van der Waals surface area contributed by atoms with E-state index in [9.17, 15) is 0 Å². The molecule has 21 heavy (non-hydrogen) atoms. The zero-order chi connectivity index (χ0) is 15.4.